The van der Waals surface area contributed by atoms with E-state index in [4.69, 9.17) is 9.47 Å². The van der Waals surface area contributed by atoms with Gasteiger partial charge in [-0.15, -0.1) is 0 Å². The zero-order chi connectivity index (χ0) is 21.3. The standard InChI is InChI=1S/C21H24FN3O4S/c1-28-11-10-19(24-20(26)14-2-4-15(22)5-3-14)21(27)23-16-6-8-18(9-7-16)30-25-17-12-29-13-17/h2-9,17,19,25H,10-13H2,1H3,(H,23,27)(H,24,26). The van der Waals surface area contributed by atoms with Crippen molar-refractivity contribution in [3.63, 3.8) is 0 Å². The number of hydrogen-bond acceptors (Lipinski definition) is 6. The second-order valence-corrected chi connectivity index (χ2v) is 7.69. The van der Waals surface area contributed by atoms with Crippen molar-refractivity contribution in [1.29, 1.82) is 0 Å². The highest BCUT2D eigenvalue weighted by atomic mass is 32.2. The molecule has 0 saturated carbocycles. The molecule has 1 fully saturated rings. The van der Waals surface area contributed by atoms with Crippen LogP contribution in [0.3, 0.4) is 0 Å². The highest BCUT2D eigenvalue weighted by molar-refractivity contribution is 7.97. The molecule has 3 rings (SSSR count). The number of carbonyl (C=O) groups excluding carboxylic acids is 2. The van der Waals surface area contributed by atoms with Crippen molar-refractivity contribution in [2.24, 2.45) is 0 Å². The van der Waals surface area contributed by atoms with Crippen molar-refractivity contribution in [3.05, 3.63) is 59.9 Å². The second-order valence-electron chi connectivity index (χ2n) is 6.78. The Kier molecular flexibility index (Phi) is 8.21. The van der Waals surface area contributed by atoms with Gasteiger partial charge in [0.25, 0.3) is 5.91 Å². The predicted molar refractivity (Wildman–Crippen MR) is 113 cm³/mol. The largest absolute Gasteiger partial charge is 0.385 e. The van der Waals surface area contributed by atoms with Crippen molar-refractivity contribution in [2.45, 2.75) is 23.4 Å². The van der Waals surface area contributed by atoms with Crippen molar-refractivity contribution in [3.8, 4) is 0 Å². The number of carbonyl (C=O) groups is 2. The fourth-order valence-corrected chi connectivity index (χ4v) is 3.35. The third kappa shape index (κ3) is 6.53. The fraction of sp³-hybridized carbons (Fsp3) is 0.333. The van der Waals surface area contributed by atoms with Crippen LogP contribution >= 0.6 is 11.9 Å². The summed E-state index contributed by atoms with van der Waals surface area (Å²) in [5, 5.41) is 5.50. The summed E-state index contributed by atoms with van der Waals surface area (Å²) in [5.74, 6) is -1.24. The first-order valence-corrected chi connectivity index (χ1v) is 10.3. The quantitative estimate of drug-likeness (QED) is 0.499. The summed E-state index contributed by atoms with van der Waals surface area (Å²) in [7, 11) is 1.52. The SMILES string of the molecule is COCCC(NC(=O)c1ccc(F)cc1)C(=O)Nc1ccc(SNC2COC2)cc1. The third-order valence-corrected chi connectivity index (χ3v) is 5.40. The van der Waals surface area contributed by atoms with Gasteiger partial charge in [0, 0.05) is 29.9 Å². The van der Waals surface area contributed by atoms with Crippen LogP contribution in [0.1, 0.15) is 16.8 Å². The average Bonchev–Trinajstić information content (AvgIpc) is 2.71. The molecule has 0 aliphatic carbocycles. The first-order valence-electron chi connectivity index (χ1n) is 9.51. The topological polar surface area (TPSA) is 88.7 Å². The molecule has 30 heavy (non-hydrogen) atoms. The number of amides is 2. The Bertz CT molecular complexity index is 844. The molecule has 1 unspecified atom stereocenters. The summed E-state index contributed by atoms with van der Waals surface area (Å²) in [6.07, 6.45) is 0.302. The number of halogens is 1. The van der Waals surface area contributed by atoms with Gasteiger partial charge in [0.05, 0.1) is 19.3 Å². The molecule has 1 heterocycles. The number of rotatable bonds is 10. The van der Waals surface area contributed by atoms with E-state index in [-0.39, 0.29) is 11.5 Å². The summed E-state index contributed by atoms with van der Waals surface area (Å²) in [5.41, 5.74) is 0.895. The van der Waals surface area contributed by atoms with E-state index in [1.165, 1.54) is 43.3 Å². The molecular weight excluding hydrogens is 409 g/mol. The lowest BCUT2D eigenvalue weighted by atomic mass is 10.1. The van der Waals surface area contributed by atoms with Crippen molar-refractivity contribution >= 4 is 29.4 Å². The third-order valence-electron chi connectivity index (χ3n) is 4.44. The molecule has 2 aromatic rings. The molecule has 1 saturated heterocycles. The molecule has 9 heteroatoms. The zero-order valence-electron chi connectivity index (χ0n) is 16.5. The molecule has 2 aromatic carbocycles. The minimum absolute atomic E-state index is 0.275. The first kappa shape index (κ1) is 22.2. The highest BCUT2D eigenvalue weighted by Gasteiger charge is 2.22. The maximum absolute atomic E-state index is 13.1. The Balaban J connectivity index is 1.57. The van der Waals surface area contributed by atoms with Crippen LogP contribution in [0.5, 0.6) is 0 Å². The Morgan fingerprint density at radius 1 is 1.17 bits per heavy atom. The minimum Gasteiger partial charge on any atom is -0.385 e. The number of methoxy groups -OCH3 is 1. The van der Waals surface area contributed by atoms with E-state index < -0.39 is 17.8 Å². The van der Waals surface area contributed by atoms with Crippen LogP contribution in [0.4, 0.5) is 10.1 Å². The molecule has 0 aromatic heterocycles. The smallest absolute Gasteiger partial charge is 0.251 e. The van der Waals surface area contributed by atoms with Gasteiger partial charge in [0.2, 0.25) is 5.91 Å². The van der Waals surface area contributed by atoms with E-state index >= 15 is 0 Å². The van der Waals surface area contributed by atoms with E-state index in [1.807, 2.05) is 12.1 Å². The predicted octanol–water partition coefficient (Wildman–Crippen LogP) is 2.59. The number of anilines is 1. The van der Waals surface area contributed by atoms with Crippen LogP contribution in [-0.4, -0.2) is 50.8 Å². The monoisotopic (exact) mass is 433 g/mol. The van der Waals surface area contributed by atoms with Crippen molar-refractivity contribution in [2.75, 3.05) is 32.2 Å². The maximum Gasteiger partial charge on any atom is 0.251 e. The zero-order valence-corrected chi connectivity index (χ0v) is 17.3. The molecule has 1 aliphatic rings. The van der Waals surface area contributed by atoms with Crippen molar-refractivity contribution < 1.29 is 23.5 Å². The van der Waals surface area contributed by atoms with Gasteiger partial charge in [-0.3, -0.25) is 14.3 Å². The number of nitrogens with one attached hydrogen (secondary N) is 3. The van der Waals surface area contributed by atoms with Gasteiger partial charge in [0.1, 0.15) is 11.9 Å². The van der Waals surface area contributed by atoms with Gasteiger partial charge < -0.3 is 20.1 Å². The number of ether oxygens (including phenoxy) is 2. The summed E-state index contributed by atoms with van der Waals surface area (Å²) < 4.78 is 26.5. The fourth-order valence-electron chi connectivity index (χ4n) is 2.64. The number of benzene rings is 2. The first-order chi connectivity index (χ1) is 14.5. The van der Waals surface area contributed by atoms with E-state index in [9.17, 15) is 14.0 Å². The molecule has 0 radical (unpaired) electrons. The van der Waals surface area contributed by atoms with Crippen molar-refractivity contribution in [1.82, 2.24) is 10.0 Å². The molecule has 160 valence electrons. The molecule has 2 amide bonds. The Hall–Kier alpha value is -2.46. The van der Waals surface area contributed by atoms with Crippen LogP contribution in [0, 0.1) is 5.82 Å². The lowest BCUT2D eigenvalue weighted by Crippen LogP contribution is -2.44. The summed E-state index contributed by atoms with van der Waals surface area (Å²) >= 11 is 1.51. The molecule has 0 spiro atoms. The molecule has 0 bridgehead atoms. The summed E-state index contributed by atoms with van der Waals surface area (Å²) in [6, 6.07) is 12.1. The normalized spacial score (nSPS) is 14.6. The minimum atomic E-state index is -0.795. The van der Waals surface area contributed by atoms with Gasteiger partial charge in [-0.1, -0.05) is 0 Å². The number of hydrogen-bond donors (Lipinski definition) is 3. The Morgan fingerprint density at radius 3 is 2.47 bits per heavy atom. The molecule has 7 nitrogen and oxygen atoms in total. The van der Waals surface area contributed by atoms with Crippen LogP contribution in [0.15, 0.2) is 53.4 Å². The Labute approximate surface area is 178 Å². The maximum atomic E-state index is 13.1. The van der Waals surface area contributed by atoms with Crippen LogP contribution in [-0.2, 0) is 14.3 Å². The van der Waals surface area contributed by atoms with Crippen LogP contribution < -0.4 is 15.4 Å². The average molecular weight is 434 g/mol. The van der Waals surface area contributed by atoms with Gasteiger partial charge in [-0.25, -0.2) is 4.39 Å². The molecule has 3 N–H and O–H groups in total. The summed E-state index contributed by atoms with van der Waals surface area (Å²) in [4.78, 5) is 26.1. The van der Waals surface area contributed by atoms with Crippen LogP contribution in [0.2, 0.25) is 0 Å². The molecule has 1 atom stereocenters. The van der Waals surface area contributed by atoms with Gasteiger partial charge in [-0.05, 0) is 66.9 Å². The van der Waals surface area contributed by atoms with E-state index in [2.05, 4.69) is 15.4 Å². The second kappa shape index (κ2) is 11.1. The molecular formula is C21H24FN3O4S. The molecule has 1 aliphatic heterocycles. The lowest BCUT2D eigenvalue weighted by molar-refractivity contribution is -0.118. The van der Waals surface area contributed by atoms with Gasteiger partial charge >= 0.3 is 0 Å². The van der Waals surface area contributed by atoms with Crippen LogP contribution in [0.25, 0.3) is 0 Å². The van der Waals surface area contributed by atoms with E-state index in [0.717, 1.165) is 4.90 Å². The van der Waals surface area contributed by atoms with Gasteiger partial charge in [-0.2, -0.15) is 0 Å². The van der Waals surface area contributed by atoms with E-state index in [1.54, 1.807) is 12.1 Å². The highest BCUT2D eigenvalue weighted by Crippen LogP contribution is 2.20. The Morgan fingerprint density at radius 2 is 1.87 bits per heavy atom. The summed E-state index contributed by atoms with van der Waals surface area (Å²) in [6.45, 7) is 1.73. The van der Waals surface area contributed by atoms with Gasteiger partial charge in [0.15, 0.2) is 0 Å². The lowest BCUT2D eigenvalue weighted by Gasteiger charge is -2.26. The van der Waals surface area contributed by atoms with E-state index in [0.29, 0.717) is 38.0 Å².